The molecular weight excluding hydrogens is 351 g/mol. The summed E-state index contributed by atoms with van der Waals surface area (Å²) in [6.07, 6.45) is 1.61. The molecule has 0 saturated heterocycles. The van der Waals surface area contributed by atoms with Crippen LogP contribution in [0.15, 0.2) is 28.9 Å². The first-order valence-electron chi connectivity index (χ1n) is 5.64. The van der Waals surface area contributed by atoms with Crippen molar-refractivity contribution in [1.82, 2.24) is 9.78 Å². The number of hydrogen-bond donors (Lipinski definition) is 0. The predicted molar refractivity (Wildman–Crippen MR) is 80.2 cm³/mol. The van der Waals surface area contributed by atoms with Gasteiger partial charge in [-0.05, 0) is 48.0 Å². The molecule has 0 radical (unpaired) electrons. The molecule has 0 spiro atoms. The number of aromatic nitrogens is 2. The largest absolute Gasteiger partial charge is 0.287 e. The van der Waals surface area contributed by atoms with E-state index in [0.29, 0.717) is 25.8 Å². The molecule has 2 aromatic rings. The first-order chi connectivity index (χ1) is 8.90. The fourth-order valence-corrected chi connectivity index (χ4v) is 2.75. The summed E-state index contributed by atoms with van der Waals surface area (Å²) in [4.78, 5) is 12.5. The van der Waals surface area contributed by atoms with Crippen LogP contribution in [0.5, 0.6) is 0 Å². The van der Waals surface area contributed by atoms with Gasteiger partial charge in [0.15, 0.2) is 0 Å². The van der Waals surface area contributed by atoms with Crippen molar-refractivity contribution in [3.63, 3.8) is 0 Å². The number of benzene rings is 1. The minimum atomic E-state index is -0.164. The highest BCUT2D eigenvalue weighted by Gasteiger charge is 2.21. The maximum absolute atomic E-state index is 12.5. The zero-order valence-electron chi connectivity index (χ0n) is 10.3. The second kappa shape index (κ2) is 5.65. The van der Waals surface area contributed by atoms with Crippen LogP contribution in [0.4, 0.5) is 0 Å². The number of carbonyl (C=O) groups excluding carboxylic acids is 1. The molecule has 0 atom stereocenters. The summed E-state index contributed by atoms with van der Waals surface area (Å²) >= 11 is 15.2. The molecule has 0 aliphatic rings. The van der Waals surface area contributed by atoms with Crippen LogP contribution in [0.1, 0.15) is 35.9 Å². The summed E-state index contributed by atoms with van der Waals surface area (Å²) in [6, 6.07) is 4.87. The molecule has 3 nitrogen and oxygen atoms in total. The Morgan fingerprint density at radius 2 is 1.84 bits per heavy atom. The lowest BCUT2D eigenvalue weighted by atomic mass is 10.1. The second-order valence-electron chi connectivity index (χ2n) is 4.37. The normalized spacial score (nSPS) is 11.1. The predicted octanol–water partition coefficient (Wildman–Crippen LogP) is 4.76. The van der Waals surface area contributed by atoms with E-state index < -0.39 is 0 Å². The topological polar surface area (TPSA) is 34.9 Å². The van der Waals surface area contributed by atoms with Crippen LogP contribution in [0.3, 0.4) is 0 Å². The third kappa shape index (κ3) is 3.02. The highest BCUT2D eigenvalue weighted by Crippen LogP contribution is 2.26. The summed E-state index contributed by atoms with van der Waals surface area (Å²) in [5, 5.41) is 5.06. The van der Waals surface area contributed by atoms with E-state index in [9.17, 15) is 4.79 Å². The fraction of sp³-hybridized carbons (Fsp3) is 0.231. The van der Waals surface area contributed by atoms with Crippen LogP contribution >= 0.6 is 39.1 Å². The van der Waals surface area contributed by atoms with E-state index in [0.717, 1.165) is 0 Å². The van der Waals surface area contributed by atoms with E-state index in [4.69, 9.17) is 23.2 Å². The number of nitrogens with zero attached hydrogens (tertiary/aromatic N) is 2. The average molecular weight is 362 g/mol. The van der Waals surface area contributed by atoms with Gasteiger partial charge in [-0.2, -0.15) is 5.10 Å². The maximum atomic E-state index is 12.5. The SMILES string of the molecule is CC(C)n1ncc(Br)c1C(=O)c1cc(Cl)cc(Cl)c1. The van der Waals surface area contributed by atoms with Gasteiger partial charge in [-0.25, -0.2) is 0 Å². The lowest BCUT2D eigenvalue weighted by Gasteiger charge is -2.11. The molecule has 0 saturated carbocycles. The zero-order valence-corrected chi connectivity index (χ0v) is 13.4. The number of ketones is 1. The minimum absolute atomic E-state index is 0.0832. The van der Waals surface area contributed by atoms with Crippen LogP contribution in [0.25, 0.3) is 0 Å². The third-order valence-corrected chi connectivity index (χ3v) is 3.60. The molecule has 0 fully saturated rings. The monoisotopic (exact) mass is 360 g/mol. The van der Waals surface area contributed by atoms with Crippen LogP contribution in [0.2, 0.25) is 10.0 Å². The van der Waals surface area contributed by atoms with Gasteiger partial charge in [-0.15, -0.1) is 0 Å². The van der Waals surface area contributed by atoms with E-state index in [2.05, 4.69) is 21.0 Å². The fourth-order valence-electron chi connectivity index (χ4n) is 1.77. The highest BCUT2D eigenvalue weighted by atomic mass is 79.9. The average Bonchev–Trinajstić information content (AvgIpc) is 2.69. The van der Waals surface area contributed by atoms with Gasteiger partial charge in [0.25, 0.3) is 0 Å². The van der Waals surface area contributed by atoms with Gasteiger partial charge in [0.05, 0.1) is 10.7 Å². The first-order valence-corrected chi connectivity index (χ1v) is 7.19. The molecule has 2 rings (SSSR count). The van der Waals surface area contributed by atoms with Crippen LogP contribution in [-0.2, 0) is 0 Å². The highest BCUT2D eigenvalue weighted by molar-refractivity contribution is 9.10. The Morgan fingerprint density at radius 1 is 1.26 bits per heavy atom. The molecular formula is C13H11BrCl2N2O. The van der Waals surface area contributed by atoms with E-state index in [-0.39, 0.29) is 11.8 Å². The summed E-state index contributed by atoms with van der Waals surface area (Å²) in [6.45, 7) is 3.92. The summed E-state index contributed by atoms with van der Waals surface area (Å²) < 4.78 is 2.32. The molecule has 0 amide bonds. The van der Waals surface area contributed by atoms with Gasteiger partial charge < -0.3 is 0 Å². The smallest absolute Gasteiger partial charge is 0.212 e. The van der Waals surface area contributed by atoms with Crippen molar-refractivity contribution in [2.24, 2.45) is 0 Å². The zero-order chi connectivity index (χ0) is 14.2. The Bertz CT molecular complexity index is 617. The van der Waals surface area contributed by atoms with Crippen molar-refractivity contribution < 1.29 is 4.79 Å². The second-order valence-corrected chi connectivity index (χ2v) is 6.09. The van der Waals surface area contributed by atoms with Gasteiger partial charge in [0.2, 0.25) is 5.78 Å². The van der Waals surface area contributed by atoms with Crippen molar-refractivity contribution in [2.75, 3.05) is 0 Å². The van der Waals surface area contributed by atoms with Crippen LogP contribution in [-0.4, -0.2) is 15.6 Å². The molecule has 0 bridgehead atoms. The number of rotatable bonds is 3. The van der Waals surface area contributed by atoms with Crippen molar-refractivity contribution in [2.45, 2.75) is 19.9 Å². The summed E-state index contributed by atoms with van der Waals surface area (Å²) in [5.74, 6) is -0.164. The molecule has 0 aliphatic heterocycles. The van der Waals surface area contributed by atoms with E-state index >= 15 is 0 Å². The number of carbonyl (C=O) groups is 1. The van der Waals surface area contributed by atoms with Crippen molar-refractivity contribution >= 4 is 44.9 Å². The molecule has 0 aliphatic carbocycles. The Balaban J connectivity index is 2.53. The molecule has 1 aromatic heterocycles. The van der Waals surface area contributed by atoms with E-state index in [1.165, 1.54) is 0 Å². The number of hydrogen-bond acceptors (Lipinski definition) is 2. The Labute approximate surface area is 129 Å². The van der Waals surface area contributed by atoms with E-state index in [1.807, 2.05) is 13.8 Å². The quantitative estimate of drug-likeness (QED) is 0.738. The van der Waals surface area contributed by atoms with Gasteiger partial charge in [-0.1, -0.05) is 23.2 Å². The molecule has 19 heavy (non-hydrogen) atoms. The third-order valence-electron chi connectivity index (χ3n) is 2.58. The molecule has 100 valence electrons. The van der Waals surface area contributed by atoms with Gasteiger partial charge in [-0.3, -0.25) is 9.48 Å². The van der Waals surface area contributed by atoms with Gasteiger partial charge in [0.1, 0.15) is 5.69 Å². The van der Waals surface area contributed by atoms with Crippen molar-refractivity contribution in [3.8, 4) is 0 Å². The lowest BCUT2D eigenvalue weighted by Crippen LogP contribution is -2.14. The lowest BCUT2D eigenvalue weighted by molar-refractivity contribution is 0.102. The summed E-state index contributed by atoms with van der Waals surface area (Å²) in [5.41, 5.74) is 0.939. The van der Waals surface area contributed by atoms with Gasteiger partial charge in [0, 0.05) is 21.7 Å². The summed E-state index contributed by atoms with van der Waals surface area (Å²) in [7, 11) is 0. The Morgan fingerprint density at radius 3 is 2.37 bits per heavy atom. The molecule has 1 heterocycles. The molecule has 0 unspecified atom stereocenters. The van der Waals surface area contributed by atoms with E-state index in [1.54, 1.807) is 29.1 Å². The Hall–Kier alpha value is -0.840. The molecule has 1 aromatic carbocycles. The van der Waals surface area contributed by atoms with Crippen molar-refractivity contribution in [3.05, 3.63) is 50.2 Å². The number of halogens is 3. The Kier molecular flexibility index (Phi) is 4.33. The minimum Gasteiger partial charge on any atom is -0.287 e. The molecule has 0 N–H and O–H groups in total. The van der Waals surface area contributed by atoms with Crippen molar-refractivity contribution in [1.29, 1.82) is 0 Å². The van der Waals surface area contributed by atoms with Gasteiger partial charge >= 0.3 is 0 Å². The van der Waals surface area contributed by atoms with Crippen LogP contribution in [0, 0.1) is 0 Å². The standard InChI is InChI=1S/C13H11BrCl2N2O/c1-7(2)18-12(11(14)6-17-18)13(19)8-3-9(15)5-10(16)4-8/h3-7H,1-2H3. The first kappa shape index (κ1) is 14.6. The maximum Gasteiger partial charge on any atom is 0.212 e. The van der Waals surface area contributed by atoms with Crippen LogP contribution < -0.4 is 0 Å². The molecule has 6 heteroatoms.